The van der Waals surface area contributed by atoms with Crippen molar-refractivity contribution in [3.8, 4) is 0 Å². The van der Waals surface area contributed by atoms with E-state index in [2.05, 4.69) is 5.10 Å². The predicted octanol–water partition coefficient (Wildman–Crippen LogP) is 0.00580. The molecule has 1 aromatic heterocycles. The highest BCUT2D eigenvalue weighted by molar-refractivity contribution is 4.42. The Bertz CT molecular complexity index is 168. The van der Waals surface area contributed by atoms with E-state index in [1.807, 2.05) is 6.92 Å². The van der Waals surface area contributed by atoms with Crippen LogP contribution in [0.15, 0.2) is 12.7 Å². The summed E-state index contributed by atoms with van der Waals surface area (Å²) in [5.74, 6) is 6.95. The van der Waals surface area contributed by atoms with Gasteiger partial charge >= 0.3 is 0 Å². The lowest BCUT2D eigenvalue weighted by atomic mass is 10.8. The van der Waals surface area contributed by atoms with E-state index in [4.69, 9.17) is 5.84 Å². The first kappa shape index (κ1) is 5.08. The summed E-state index contributed by atoms with van der Waals surface area (Å²) in [6, 6.07) is 0. The van der Waals surface area contributed by atoms with E-state index >= 15 is 0 Å². The van der Waals surface area contributed by atoms with Gasteiger partial charge < -0.3 is 10.5 Å². The van der Waals surface area contributed by atoms with E-state index in [1.54, 1.807) is 11.0 Å². The first-order valence-electron chi connectivity index (χ1n) is 2.48. The highest BCUT2D eigenvalue weighted by Gasteiger charge is 1.92. The van der Waals surface area contributed by atoms with Gasteiger partial charge in [0.15, 0.2) is 0 Å². The molecule has 0 bridgehead atoms. The van der Waals surface area contributed by atoms with Crippen LogP contribution in [0.3, 0.4) is 0 Å². The van der Waals surface area contributed by atoms with Crippen molar-refractivity contribution in [3.63, 3.8) is 0 Å². The van der Waals surface area contributed by atoms with Crippen LogP contribution in [0.1, 0.15) is 6.92 Å². The smallest absolute Gasteiger partial charge is 0.254 e. The Morgan fingerprint density at radius 2 is 2.62 bits per heavy atom. The zero-order valence-electron chi connectivity index (χ0n) is 4.70. The predicted molar refractivity (Wildman–Crippen MR) is 27.8 cm³/mol. The maximum atomic E-state index is 6.95. The molecule has 0 spiro atoms. The van der Waals surface area contributed by atoms with Gasteiger partial charge in [-0.3, -0.25) is 0 Å². The van der Waals surface area contributed by atoms with Crippen molar-refractivity contribution in [2.24, 2.45) is 0 Å². The van der Waals surface area contributed by atoms with E-state index in [0.717, 1.165) is 6.54 Å². The molecule has 4 nitrogen and oxygen atoms in total. The largest absolute Gasteiger partial charge is 0.565 e. The Hall–Kier alpha value is -1.06. The van der Waals surface area contributed by atoms with Gasteiger partial charge in [0, 0.05) is 5.10 Å². The van der Waals surface area contributed by atoms with Crippen LogP contribution in [0, 0.1) is 0 Å². The molecule has 0 saturated heterocycles. The van der Waals surface area contributed by atoms with Gasteiger partial charge in [0.25, 0.3) is 6.33 Å². The zero-order valence-corrected chi connectivity index (χ0v) is 4.70. The Morgan fingerprint density at radius 3 is 2.88 bits per heavy atom. The van der Waals surface area contributed by atoms with E-state index < -0.39 is 0 Å². The Morgan fingerprint density at radius 1 is 1.88 bits per heavy atom. The summed E-state index contributed by atoms with van der Waals surface area (Å²) in [4.78, 5) is 0. The molecule has 1 aromatic rings. The SMILES string of the molecule is CCn1c[n+]([NH-])cn1. The highest BCUT2D eigenvalue weighted by atomic mass is 15.4. The standard InChI is InChI=1S/C4H8N4/c1-2-8-4-7(5)3-6-8/h3-5H,2H2,1H3. The Kier molecular flexibility index (Phi) is 1.15. The molecule has 0 aliphatic rings. The second-order valence-electron chi connectivity index (χ2n) is 1.51. The van der Waals surface area contributed by atoms with Gasteiger partial charge in [-0.2, -0.15) is 0 Å². The Balaban J connectivity index is 2.84. The molecule has 44 valence electrons. The lowest BCUT2D eigenvalue weighted by Gasteiger charge is -1.86. The first-order valence-corrected chi connectivity index (χ1v) is 2.48. The van der Waals surface area contributed by atoms with Gasteiger partial charge in [-0.15, -0.1) is 4.68 Å². The molecule has 1 heterocycles. The number of aromatic nitrogens is 3. The molecule has 0 amide bonds. The van der Waals surface area contributed by atoms with E-state index in [9.17, 15) is 0 Å². The summed E-state index contributed by atoms with van der Waals surface area (Å²) in [5, 5.41) is 3.83. The van der Waals surface area contributed by atoms with Crippen LogP contribution in [0.2, 0.25) is 0 Å². The van der Waals surface area contributed by atoms with Crippen LogP contribution in [-0.4, -0.2) is 9.78 Å². The van der Waals surface area contributed by atoms with Crippen LogP contribution in [0.25, 0.3) is 5.84 Å². The summed E-state index contributed by atoms with van der Waals surface area (Å²) in [7, 11) is 0. The molecule has 4 heteroatoms. The molecule has 1 rings (SSSR count). The van der Waals surface area contributed by atoms with Crippen LogP contribution in [0.4, 0.5) is 0 Å². The lowest BCUT2D eigenvalue weighted by Crippen LogP contribution is -2.18. The molecule has 1 N–H and O–H groups in total. The summed E-state index contributed by atoms with van der Waals surface area (Å²) in [5.41, 5.74) is 0. The molecule has 0 unspecified atom stereocenters. The molecule has 0 saturated carbocycles. The van der Waals surface area contributed by atoms with E-state index in [1.165, 1.54) is 11.0 Å². The van der Waals surface area contributed by atoms with Crippen molar-refractivity contribution in [2.75, 3.05) is 0 Å². The maximum absolute atomic E-state index is 6.95. The van der Waals surface area contributed by atoms with Crippen LogP contribution in [0.5, 0.6) is 0 Å². The number of hydrogen-bond donors (Lipinski definition) is 0. The summed E-state index contributed by atoms with van der Waals surface area (Å²) < 4.78 is 2.86. The van der Waals surface area contributed by atoms with Crippen LogP contribution < -0.4 is 4.68 Å². The fourth-order valence-electron chi connectivity index (χ4n) is 0.488. The van der Waals surface area contributed by atoms with Gasteiger partial charge in [-0.25, -0.2) is 0 Å². The van der Waals surface area contributed by atoms with Crippen molar-refractivity contribution in [1.82, 2.24) is 9.78 Å². The Labute approximate surface area is 47.5 Å². The highest BCUT2D eigenvalue weighted by Crippen LogP contribution is 1.73. The fraction of sp³-hybridized carbons (Fsp3) is 0.500. The topological polar surface area (TPSA) is 45.5 Å². The minimum absolute atomic E-state index is 0.825. The summed E-state index contributed by atoms with van der Waals surface area (Å²) in [6.45, 7) is 2.80. The number of aryl methyl sites for hydroxylation is 1. The molecule has 8 heavy (non-hydrogen) atoms. The molecular formula is C4H8N4. The normalized spacial score (nSPS) is 9.62. The summed E-state index contributed by atoms with van der Waals surface area (Å²) in [6.07, 6.45) is 3.06. The van der Waals surface area contributed by atoms with E-state index in [0.29, 0.717) is 0 Å². The third-order valence-corrected chi connectivity index (χ3v) is 0.906. The van der Waals surface area contributed by atoms with E-state index in [-0.39, 0.29) is 0 Å². The minimum Gasteiger partial charge on any atom is -0.565 e. The lowest BCUT2D eigenvalue weighted by molar-refractivity contribution is -0.606. The number of rotatable bonds is 1. The first-order chi connectivity index (χ1) is 3.83. The second kappa shape index (κ2) is 1.81. The minimum atomic E-state index is 0.825. The van der Waals surface area contributed by atoms with Crippen molar-refractivity contribution >= 4 is 0 Å². The van der Waals surface area contributed by atoms with Crippen molar-refractivity contribution in [3.05, 3.63) is 18.5 Å². The monoisotopic (exact) mass is 112 g/mol. The molecular weight excluding hydrogens is 104 g/mol. The van der Waals surface area contributed by atoms with Gasteiger partial charge in [0.2, 0.25) is 6.33 Å². The van der Waals surface area contributed by atoms with Crippen molar-refractivity contribution in [2.45, 2.75) is 13.5 Å². The molecule has 0 atom stereocenters. The number of nitrogens with zero attached hydrogens (tertiary/aromatic N) is 3. The quantitative estimate of drug-likeness (QED) is 0.472. The van der Waals surface area contributed by atoms with Gasteiger partial charge in [0.05, 0.1) is 0 Å². The van der Waals surface area contributed by atoms with Crippen LogP contribution >= 0.6 is 0 Å². The van der Waals surface area contributed by atoms with Crippen molar-refractivity contribution < 1.29 is 4.68 Å². The average molecular weight is 112 g/mol. The average Bonchev–Trinajstić information content (AvgIpc) is 2.14. The van der Waals surface area contributed by atoms with Crippen molar-refractivity contribution in [1.29, 1.82) is 0 Å². The molecule has 0 radical (unpaired) electrons. The zero-order chi connectivity index (χ0) is 5.98. The van der Waals surface area contributed by atoms with Crippen LogP contribution in [-0.2, 0) is 6.54 Å². The third-order valence-electron chi connectivity index (χ3n) is 0.906. The van der Waals surface area contributed by atoms with Gasteiger partial charge in [-0.1, -0.05) is 0 Å². The fourth-order valence-corrected chi connectivity index (χ4v) is 0.488. The maximum Gasteiger partial charge on any atom is 0.254 e. The molecule has 0 fully saturated rings. The number of hydrogen-bond acceptors (Lipinski definition) is 1. The molecule has 0 aliphatic carbocycles. The molecule has 0 aliphatic heterocycles. The third kappa shape index (κ3) is 0.776. The van der Waals surface area contributed by atoms with Gasteiger partial charge in [0.1, 0.15) is 6.54 Å². The second-order valence-corrected chi connectivity index (χ2v) is 1.51. The summed E-state index contributed by atoms with van der Waals surface area (Å²) >= 11 is 0. The molecule has 0 aromatic carbocycles. The van der Waals surface area contributed by atoms with Gasteiger partial charge in [-0.05, 0) is 6.92 Å². The number of nitrogens with one attached hydrogen (secondary N) is 1.